The molecule has 2 aliphatic heterocycles. The number of nitrogens with zero attached hydrogens (tertiary/aromatic N) is 2. The molecule has 0 amide bonds. The van der Waals surface area contributed by atoms with Crippen LogP contribution in [0.25, 0.3) is 0 Å². The summed E-state index contributed by atoms with van der Waals surface area (Å²) in [6, 6.07) is 0.331. The molecule has 2 aliphatic rings. The van der Waals surface area contributed by atoms with Gasteiger partial charge in [0.25, 0.3) is 0 Å². The van der Waals surface area contributed by atoms with E-state index < -0.39 is 0 Å². The summed E-state index contributed by atoms with van der Waals surface area (Å²) >= 11 is 1.75. The maximum absolute atomic E-state index is 5.85. The molecule has 2 fully saturated rings. The minimum atomic E-state index is 0.331. The van der Waals surface area contributed by atoms with Crippen molar-refractivity contribution < 1.29 is 4.74 Å². The summed E-state index contributed by atoms with van der Waals surface area (Å²) in [5, 5.41) is 6.54. The number of rotatable bonds is 3. The van der Waals surface area contributed by atoms with Gasteiger partial charge in [0.2, 0.25) is 0 Å². The summed E-state index contributed by atoms with van der Waals surface area (Å²) in [5.41, 5.74) is 1.14. The van der Waals surface area contributed by atoms with Gasteiger partial charge in [-0.3, -0.25) is 0 Å². The third-order valence-corrected chi connectivity index (χ3v) is 4.62. The molecule has 3 heterocycles. The van der Waals surface area contributed by atoms with Gasteiger partial charge in [-0.25, -0.2) is 4.98 Å². The fourth-order valence-corrected chi connectivity index (χ4v) is 3.48. The lowest BCUT2D eigenvalue weighted by atomic mass is 10.2. The van der Waals surface area contributed by atoms with Crippen LogP contribution in [0.5, 0.6) is 0 Å². The highest BCUT2D eigenvalue weighted by Crippen LogP contribution is 2.32. The molecule has 0 spiro atoms. The van der Waals surface area contributed by atoms with Crippen molar-refractivity contribution in [2.24, 2.45) is 0 Å². The Morgan fingerprint density at radius 3 is 2.82 bits per heavy atom. The molecule has 0 saturated carbocycles. The summed E-state index contributed by atoms with van der Waals surface area (Å²) in [7, 11) is 1.97. The Hall–Kier alpha value is -0.650. The van der Waals surface area contributed by atoms with Crippen LogP contribution in [0.15, 0.2) is 5.38 Å². The molecule has 3 unspecified atom stereocenters. The Labute approximate surface area is 106 Å². The van der Waals surface area contributed by atoms with Crippen molar-refractivity contribution in [3.8, 4) is 0 Å². The highest BCUT2D eigenvalue weighted by Gasteiger charge is 2.34. The van der Waals surface area contributed by atoms with E-state index in [-0.39, 0.29) is 0 Å². The van der Waals surface area contributed by atoms with Crippen LogP contribution in [0.4, 0.5) is 5.13 Å². The van der Waals surface area contributed by atoms with Gasteiger partial charge in [-0.05, 0) is 26.8 Å². The van der Waals surface area contributed by atoms with E-state index in [1.165, 1.54) is 12.8 Å². The van der Waals surface area contributed by atoms with Gasteiger partial charge >= 0.3 is 0 Å². The summed E-state index contributed by atoms with van der Waals surface area (Å²) in [5.74, 6) is 0. The van der Waals surface area contributed by atoms with Crippen molar-refractivity contribution in [3.05, 3.63) is 11.1 Å². The van der Waals surface area contributed by atoms with Gasteiger partial charge in [0.05, 0.1) is 17.9 Å². The fourth-order valence-electron chi connectivity index (χ4n) is 2.54. The number of anilines is 1. The lowest BCUT2D eigenvalue weighted by Gasteiger charge is -2.31. The fraction of sp³-hybridized carbons (Fsp3) is 0.750. The first-order valence-corrected chi connectivity index (χ1v) is 7.17. The second-order valence-corrected chi connectivity index (χ2v) is 5.76. The lowest BCUT2D eigenvalue weighted by molar-refractivity contribution is 0.0305. The van der Waals surface area contributed by atoms with Crippen molar-refractivity contribution in [2.75, 3.05) is 25.0 Å². The van der Waals surface area contributed by atoms with Gasteiger partial charge in [-0.1, -0.05) is 0 Å². The molecule has 0 aliphatic carbocycles. The summed E-state index contributed by atoms with van der Waals surface area (Å²) in [4.78, 5) is 7.12. The zero-order valence-corrected chi connectivity index (χ0v) is 11.2. The lowest BCUT2D eigenvalue weighted by Crippen LogP contribution is -2.42. The topological polar surface area (TPSA) is 37.4 Å². The van der Waals surface area contributed by atoms with Gasteiger partial charge in [0.15, 0.2) is 5.13 Å². The van der Waals surface area contributed by atoms with Crippen LogP contribution >= 0.6 is 11.3 Å². The molecule has 0 aromatic carbocycles. The minimum Gasteiger partial charge on any atom is -0.371 e. The molecule has 2 saturated heterocycles. The number of morpholine rings is 1. The molecule has 2 bridgehead atoms. The highest BCUT2D eigenvalue weighted by molar-refractivity contribution is 7.13. The molecular formula is C12H19N3OS. The van der Waals surface area contributed by atoms with E-state index >= 15 is 0 Å². The molecule has 1 aromatic heterocycles. The van der Waals surface area contributed by atoms with Gasteiger partial charge in [-0.2, -0.15) is 0 Å². The summed E-state index contributed by atoms with van der Waals surface area (Å²) < 4.78 is 5.85. The number of ether oxygens (including phenoxy) is 1. The van der Waals surface area contributed by atoms with Crippen molar-refractivity contribution in [1.29, 1.82) is 0 Å². The molecule has 94 valence electrons. The average Bonchev–Trinajstić information content (AvgIpc) is 2.95. The number of hydrogen-bond donors (Lipinski definition) is 1. The standard InChI is InChI=1S/C12H19N3OS/c1-8(13-2)11-7-17-12(14-11)15-5-9-3-4-10(6-15)16-9/h7-10,13H,3-6H2,1-2H3. The average molecular weight is 253 g/mol. The second kappa shape index (κ2) is 4.55. The van der Waals surface area contributed by atoms with Crippen LogP contribution in [-0.4, -0.2) is 37.3 Å². The minimum absolute atomic E-state index is 0.331. The Morgan fingerprint density at radius 2 is 2.18 bits per heavy atom. The first kappa shape index (κ1) is 11.4. The molecule has 1 N–H and O–H groups in total. The van der Waals surface area contributed by atoms with Crippen LogP contribution in [0, 0.1) is 0 Å². The van der Waals surface area contributed by atoms with E-state index in [1.807, 2.05) is 7.05 Å². The van der Waals surface area contributed by atoms with Crippen molar-refractivity contribution in [2.45, 2.75) is 38.0 Å². The van der Waals surface area contributed by atoms with Crippen molar-refractivity contribution in [3.63, 3.8) is 0 Å². The maximum atomic E-state index is 5.85. The Bertz CT molecular complexity index is 383. The number of thiazole rings is 1. The van der Waals surface area contributed by atoms with Gasteiger partial charge in [-0.15, -0.1) is 11.3 Å². The number of fused-ring (bicyclic) bond motifs is 2. The first-order chi connectivity index (χ1) is 8.26. The zero-order valence-electron chi connectivity index (χ0n) is 10.3. The SMILES string of the molecule is CNC(C)c1csc(N2CC3CCC(C2)O3)n1. The molecule has 4 nitrogen and oxygen atoms in total. The summed E-state index contributed by atoms with van der Waals surface area (Å²) in [6.07, 6.45) is 3.30. The smallest absolute Gasteiger partial charge is 0.185 e. The zero-order chi connectivity index (χ0) is 11.8. The summed E-state index contributed by atoms with van der Waals surface area (Å²) in [6.45, 7) is 4.16. The van der Waals surface area contributed by atoms with Crippen molar-refractivity contribution in [1.82, 2.24) is 10.3 Å². The third-order valence-electron chi connectivity index (χ3n) is 3.70. The Morgan fingerprint density at radius 1 is 1.47 bits per heavy atom. The molecule has 0 radical (unpaired) electrons. The maximum Gasteiger partial charge on any atom is 0.185 e. The predicted molar refractivity (Wildman–Crippen MR) is 69.7 cm³/mol. The van der Waals surface area contributed by atoms with Crippen LogP contribution in [-0.2, 0) is 4.74 Å². The van der Waals surface area contributed by atoms with E-state index in [1.54, 1.807) is 11.3 Å². The number of nitrogens with one attached hydrogen (secondary N) is 1. The quantitative estimate of drug-likeness (QED) is 0.891. The van der Waals surface area contributed by atoms with Gasteiger partial charge in [0.1, 0.15) is 0 Å². The predicted octanol–water partition coefficient (Wildman–Crippen LogP) is 1.79. The molecule has 5 heteroatoms. The number of aromatic nitrogens is 1. The van der Waals surface area contributed by atoms with E-state index in [2.05, 4.69) is 22.5 Å². The Kier molecular flexibility index (Phi) is 3.06. The molecule has 3 atom stereocenters. The Balaban J connectivity index is 1.73. The van der Waals surface area contributed by atoms with Crippen LogP contribution in [0.1, 0.15) is 31.5 Å². The molecule has 3 rings (SSSR count). The monoisotopic (exact) mass is 253 g/mol. The molecular weight excluding hydrogens is 234 g/mol. The van der Waals surface area contributed by atoms with E-state index in [9.17, 15) is 0 Å². The van der Waals surface area contributed by atoms with Gasteiger partial charge in [0, 0.05) is 24.5 Å². The van der Waals surface area contributed by atoms with Crippen LogP contribution in [0.2, 0.25) is 0 Å². The van der Waals surface area contributed by atoms with E-state index in [0.717, 1.165) is 23.9 Å². The first-order valence-electron chi connectivity index (χ1n) is 6.29. The van der Waals surface area contributed by atoms with E-state index in [0.29, 0.717) is 18.2 Å². The molecule has 1 aromatic rings. The van der Waals surface area contributed by atoms with E-state index in [4.69, 9.17) is 9.72 Å². The van der Waals surface area contributed by atoms with Crippen molar-refractivity contribution >= 4 is 16.5 Å². The van der Waals surface area contributed by atoms with Gasteiger partial charge < -0.3 is 15.0 Å². The normalized spacial score (nSPS) is 29.6. The third kappa shape index (κ3) is 2.19. The number of hydrogen-bond acceptors (Lipinski definition) is 5. The van der Waals surface area contributed by atoms with Crippen LogP contribution < -0.4 is 10.2 Å². The van der Waals surface area contributed by atoms with Crippen LogP contribution in [0.3, 0.4) is 0 Å². The highest BCUT2D eigenvalue weighted by atomic mass is 32.1. The molecule has 17 heavy (non-hydrogen) atoms. The largest absolute Gasteiger partial charge is 0.371 e. The second-order valence-electron chi connectivity index (χ2n) is 4.93.